The first-order valence-corrected chi connectivity index (χ1v) is 8.65. The summed E-state index contributed by atoms with van der Waals surface area (Å²) in [5, 5.41) is 17.0. The number of anilines is 1. The highest BCUT2D eigenvalue weighted by molar-refractivity contribution is 5.96. The molecule has 0 unspecified atom stereocenters. The van der Waals surface area contributed by atoms with Crippen LogP contribution in [0.3, 0.4) is 0 Å². The fourth-order valence-electron chi connectivity index (χ4n) is 2.55. The lowest BCUT2D eigenvalue weighted by Gasteiger charge is -2.11. The summed E-state index contributed by atoms with van der Waals surface area (Å²) < 4.78 is 13.9. The number of carbonyl (C=O) groups is 2. The lowest BCUT2D eigenvalue weighted by Crippen LogP contribution is -2.02. The molecule has 0 aliphatic heterocycles. The molecule has 7 nitrogen and oxygen atoms in total. The first-order valence-electron chi connectivity index (χ1n) is 8.65. The lowest BCUT2D eigenvalue weighted by molar-refractivity contribution is -0.134. The van der Waals surface area contributed by atoms with E-state index in [1.165, 1.54) is 6.07 Å². The Morgan fingerprint density at radius 3 is 2.14 bits per heavy atom. The molecule has 0 saturated heterocycles. The zero-order chi connectivity index (χ0) is 21.6. The van der Waals surface area contributed by atoms with Crippen molar-refractivity contribution in [1.29, 1.82) is 0 Å². The number of fused-ring (bicyclic) bond motifs is 1. The van der Waals surface area contributed by atoms with Gasteiger partial charge in [0.25, 0.3) is 0 Å². The van der Waals surface area contributed by atoms with Crippen molar-refractivity contribution >= 4 is 28.7 Å². The molecule has 2 aromatic carbocycles. The minimum atomic E-state index is -1.26. The van der Waals surface area contributed by atoms with Gasteiger partial charge in [-0.2, -0.15) is 0 Å². The second-order valence-corrected chi connectivity index (χ2v) is 6.34. The molecule has 0 aliphatic carbocycles. The fraction of sp³-hybridized carbons (Fsp3) is 0.143. The average molecular weight is 397 g/mol. The molecule has 8 heteroatoms. The van der Waals surface area contributed by atoms with Crippen LogP contribution in [0.4, 0.5) is 10.3 Å². The van der Waals surface area contributed by atoms with Gasteiger partial charge in [0.2, 0.25) is 5.95 Å². The summed E-state index contributed by atoms with van der Waals surface area (Å²) in [6.07, 6.45) is 1.12. The van der Waals surface area contributed by atoms with Gasteiger partial charge in [0.05, 0.1) is 5.69 Å². The number of carboxylic acids is 2. The van der Waals surface area contributed by atoms with E-state index >= 15 is 0 Å². The van der Waals surface area contributed by atoms with E-state index < -0.39 is 11.9 Å². The Balaban J connectivity index is 0.000000321. The molecule has 0 radical (unpaired) electrons. The van der Waals surface area contributed by atoms with Crippen LogP contribution in [-0.4, -0.2) is 32.1 Å². The molecule has 150 valence electrons. The fourth-order valence-corrected chi connectivity index (χ4v) is 2.55. The first-order chi connectivity index (χ1) is 13.7. The van der Waals surface area contributed by atoms with Gasteiger partial charge in [-0.05, 0) is 29.5 Å². The second kappa shape index (κ2) is 9.41. The zero-order valence-corrected chi connectivity index (χ0v) is 15.8. The van der Waals surface area contributed by atoms with Crippen molar-refractivity contribution < 1.29 is 24.2 Å². The third kappa shape index (κ3) is 5.83. The van der Waals surface area contributed by atoms with Crippen LogP contribution in [0.1, 0.15) is 25.5 Å². The molecule has 0 saturated carbocycles. The van der Waals surface area contributed by atoms with Crippen LogP contribution in [0.5, 0.6) is 0 Å². The number of aromatic nitrogens is 2. The maximum Gasteiger partial charge on any atom is 0.328 e. The van der Waals surface area contributed by atoms with E-state index in [1.54, 1.807) is 12.1 Å². The summed E-state index contributed by atoms with van der Waals surface area (Å²) in [6.45, 7) is 4.10. The van der Waals surface area contributed by atoms with Gasteiger partial charge in [-0.3, -0.25) is 0 Å². The molecule has 0 bridgehead atoms. The topological polar surface area (TPSA) is 126 Å². The molecular weight excluding hydrogens is 377 g/mol. The van der Waals surface area contributed by atoms with Crippen molar-refractivity contribution in [3.05, 3.63) is 66.1 Å². The van der Waals surface area contributed by atoms with Gasteiger partial charge >= 0.3 is 11.9 Å². The number of nitrogens with zero attached hydrogens (tertiary/aromatic N) is 2. The highest BCUT2D eigenvalue weighted by Gasteiger charge is 2.12. The molecule has 1 heterocycles. The third-order valence-corrected chi connectivity index (χ3v) is 3.87. The summed E-state index contributed by atoms with van der Waals surface area (Å²) in [7, 11) is 0. The van der Waals surface area contributed by atoms with Crippen LogP contribution in [0.25, 0.3) is 22.0 Å². The maximum atomic E-state index is 13.9. The number of nitrogens with two attached hydrogens (primary N) is 1. The largest absolute Gasteiger partial charge is 0.478 e. The van der Waals surface area contributed by atoms with Crippen LogP contribution >= 0.6 is 0 Å². The van der Waals surface area contributed by atoms with Crippen molar-refractivity contribution in [2.24, 2.45) is 0 Å². The van der Waals surface area contributed by atoms with Crippen LogP contribution < -0.4 is 5.73 Å². The number of carboxylic acid groups (broad SMARTS) is 2. The number of rotatable bonds is 4. The molecular formula is C21H20FN3O4. The predicted molar refractivity (Wildman–Crippen MR) is 108 cm³/mol. The Labute approximate surface area is 166 Å². The van der Waals surface area contributed by atoms with E-state index in [4.69, 9.17) is 15.9 Å². The van der Waals surface area contributed by atoms with Gasteiger partial charge in [-0.1, -0.05) is 38.1 Å². The molecule has 0 aliphatic rings. The van der Waals surface area contributed by atoms with Crippen molar-refractivity contribution in [3.8, 4) is 11.3 Å². The van der Waals surface area contributed by atoms with Crippen LogP contribution in [0.15, 0.2) is 54.6 Å². The molecule has 3 aromatic rings. The van der Waals surface area contributed by atoms with Crippen LogP contribution in [0, 0.1) is 5.82 Å². The van der Waals surface area contributed by atoms with Crippen molar-refractivity contribution in [2.45, 2.75) is 19.8 Å². The molecule has 0 atom stereocenters. The Morgan fingerprint density at radius 2 is 1.59 bits per heavy atom. The summed E-state index contributed by atoms with van der Waals surface area (Å²) in [5.74, 6) is -2.26. The molecule has 0 spiro atoms. The van der Waals surface area contributed by atoms with Crippen molar-refractivity contribution in [1.82, 2.24) is 9.97 Å². The van der Waals surface area contributed by atoms with Gasteiger partial charge < -0.3 is 15.9 Å². The van der Waals surface area contributed by atoms with E-state index in [2.05, 4.69) is 9.97 Å². The zero-order valence-electron chi connectivity index (χ0n) is 15.8. The molecule has 0 fully saturated rings. The second-order valence-electron chi connectivity index (χ2n) is 6.34. The van der Waals surface area contributed by atoms with Crippen molar-refractivity contribution in [3.63, 3.8) is 0 Å². The van der Waals surface area contributed by atoms with E-state index in [0.29, 0.717) is 17.5 Å². The summed E-state index contributed by atoms with van der Waals surface area (Å²) in [4.78, 5) is 27.7. The molecule has 3 rings (SSSR count). The third-order valence-electron chi connectivity index (χ3n) is 3.87. The number of aliphatic carboxylic acids is 2. The molecule has 1 aromatic heterocycles. The van der Waals surface area contributed by atoms with Gasteiger partial charge in [0.15, 0.2) is 0 Å². The van der Waals surface area contributed by atoms with Crippen molar-refractivity contribution in [2.75, 3.05) is 5.73 Å². The first kappa shape index (κ1) is 21.5. The Bertz CT molecular complexity index is 1060. The summed E-state index contributed by atoms with van der Waals surface area (Å²) >= 11 is 0. The van der Waals surface area contributed by atoms with Gasteiger partial charge in [0.1, 0.15) is 5.82 Å². The van der Waals surface area contributed by atoms with E-state index in [0.717, 1.165) is 22.3 Å². The van der Waals surface area contributed by atoms with E-state index in [-0.39, 0.29) is 17.7 Å². The molecule has 4 N–H and O–H groups in total. The normalized spacial score (nSPS) is 10.8. The summed E-state index contributed by atoms with van der Waals surface area (Å²) in [6, 6.07) is 12.5. The highest BCUT2D eigenvalue weighted by atomic mass is 19.1. The minimum absolute atomic E-state index is 0.236. The number of benzene rings is 2. The Morgan fingerprint density at radius 1 is 1.00 bits per heavy atom. The summed E-state index contributed by atoms with van der Waals surface area (Å²) in [5.41, 5.74) is 8.28. The lowest BCUT2D eigenvalue weighted by atomic mass is 10.00. The smallest absolute Gasteiger partial charge is 0.328 e. The van der Waals surface area contributed by atoms with Gasteiger partial charge in [-0.25, -0.2) is 23.9 Å². The maximum absolute atomic E-state index is 13.9. The van der Waals surface area contributed by atoms with E-state index in [9.17, 15) is 14.0 Å². The number of hydrogen-bond acceptors (Lipinski definition) is 5. The van der Waals surface area contributed by atoms with Gasteiger partial charge in [-0.15, -0.1) is 0 Å². The number of halogens is 1. The monoisotopic (exact) mass is 397 g/mol. The number of hydrogen-bond donors (Lipinski definition) is 3. The van der Waals surface area contributed by atoms with Crippen LogP contribution in [0.2, 0.25) is 0 Å². The average Bonchev–Trinajstić information content (AvgIpc) is 2.67. The quantitative estimate of drug-likeness (QED) is 0.571. The molecule has 0 amide bonds. The Hall–Kier alpha value is -3.81. The van der Waals surface area contributed by atoms with Gasteiger partial charge in [0, 0.05) is 28.8 Å². The highest BCUT2D eigenvalue weighted by Crippen LogP contribution is 2.30. The minimum Gasteiger partial charge on any atom is -0.478 e. The van der Waals surface area contributed by atoms with Crippen LogP contribution in [-0.2, 0) is 9.59 Å². The van der Waals surface area contributed by atoms with E-state index in [1.807, 2.05) is 38.1 Å². The molecule has 29 heavy (non-hydrogen) atoms. The number of nitrogen functional groups attached to an aromatic ring is 1. The Kier molecular flexibility index (Phi) is 6.97. The standard InChI is InChI=1S/C17H16FN3.C4H4O4/c1-10(2)15-9-16(21-17(19)20-15)13-7-8-14(18)12-6-4-3-5-11(12)13;5-3(6)1-2-4(7)8/h3-10H,1-2H3,(H2,19,20,21);1-2H,(H,5,6)(H,7,8)/b;2-1+. The SMILES string of the molecule is CC(C)c1cc(-c2ccc(F)c3ccccc23)nc(N)n1.O=C(O)/C=C/C(=O)O. The predicted octanol–water partition coefficient (Wildman–Crippen LogP) is 3.85.